The van der Waals surface area contributed by atoms with Crippen LogP contribution in [0.4, 0.5) is 5.69 Å². The molecule has 1 N–H and O–H groups in total. The van der Waals surface area contributed by atoms with Crippen LogP contribution in [0.5, 0.6) is 5.75 Å². The van der Waals surface area contributed by atoms with E-state index in [-0.39, 0.29) is 29.9 Å². The summed E-state index contributed by atoms with van der Waals surface area (Å²) in [7, 11) is 3.52. The first-order chi connectivity index (χ1) is 16.9. The molecule has 1 aliphatic carbocycles. The molecule has 35 heavy (non-hydrogen) atoms. The van der Waals surface area contributed by atoms with Crippen molar-refractivity contribution in [2.75, 3.05) is 45.7 Å². The van der Waals surface area contributed by atoms with Gasteiger partial charge in [0.15, 0.2) is 0 Å². The predicted octanol–water partition coefficient (Wildman–Crippen LogP) is 4.15. The van der Waals surface area contributed by atoms with E-state index in [1.807, 2.05) is 18.2 Å². The number of nitrogens with zero attached hydrogens (tertiary/aromatic N) is 2. The minimum absolute atomic E-state index is 0.0638. The average Bonchev–Trinajstić information content (AvgIpc) is 3.69. The number of rotatable bonds is 5. The zero-order valence-electron chi connectivity index (χ0n) is 21.2. The molecule has 1 aliphatic heterocycles. The predicted molar refractivity (Wildman–Crippen MR) is 137 cm³/mol. The molecule has 1 heterocycles. The number of carbonyl (C=O) groups excluding carboxylic acids is 2. The Morgan fingerprint density at radius 3 is 2.54 bits per heavy atom. The van der Waals surface area contributed by atoms with Gasteiger partial charge in [0.05, 0.1) is 11.7 Å². The molecule has 7 nitrogen and oxygen atoms in total. The smallest absolute Gasteiger partial charge is 0.257 e. The second-order valence-corrected chi connectivity index (χ2v) is 10.0. The minimum atomic E-state index is -0.206. The van der Waals surface area contributed by atoms with Crippen LogP contribution < -0.4 is 10.1 Å². The summed E-state index contributed by atoms with van der Waals surface area (Å²) in [4.78, 5) is 30.2. The van der Waals surface area contributed by atoms with Crippen LogP contribution in [-0.2, 0) is 4.74 Å². The van der Waals surface area contributed by atoms with E-state index in [1.165, 1.54) is 12.8 Å². The van der Waals surface area contributed by atoms with E-state index >= 15 is 0 Å². The van der Waals surface area contributed by atoms with E-state index in [0.717, 1.165) is 19.0 Å². The molecule has 0 spiro atoms. The van der Waals surface area contributed by atoms with Crippen LogP contribution in [0.25, 0.3) is 0 Å². The Kier molecular flexibility index (Phi) is 8.08. The Balaban J connectivity index is 1.60. The Labute approximate surface area is 208 Å². The lowest BCUT2D eigenvalue weighted by Crippen LogP contribution is -2.47. The average molecular weight is 480 g/mol. The SMILES string of the molecule is CO[C@H]1CN(C)C(=O)c2ccc(NC(=O)c3ccccc3)cc2OC[C@@H](C)N(CC2CC2)C[C@@H]1C. The fourth-order valence-electron chi connectivity index (χ4n) is 4.60. The van der Waals surface area contributed by atoms with Gasteiger partial charge in [-0.15, -0.1) is 0 Å². The number of benzene rings is 2. The van der Waals surface area contributed by atoms with E-state index < -0.39 is 0 Å². The third-order valence-electron chi connectivity index (χ3n) is 7.06. The van der Waals surface area contributed by atoms with E-state index in [9.17, 15) is 9.59 Å². The molecule has 3 atom stereocenters. The molecule has 2 aliphatic rings. The van der Waals surface area contributed by atoms with Gasteiger partial charge in [-0.1, -0.05) is 25.1 Å². The quantitative estimate of drug-likeness (QED) is 0.698. The summed E-state index contributed by atoms with van der Waals surface area (Å²) in [6.45, 7) is 7.27. The number of anilines is 1. The molecule has 4 rings (SSSR count). The van der Waals surface area contributed by atoms with Crippen molar-refractivity contribution < 1.29 is 19.1 Å². The number of methoxy groups -OCH3 is 1. The fourth-order valence-corrected chi connectivity index (χ4v) is 4.60. The molecule has 188 valence electrons. The Morgan fingerprint density at radius 2 is 1.86 bits per heavy atom. The number of hydrogen-bond acceptors (Lipinski definition) is 5. The molecule has 2 amide bonds. The van der Waals surface area contributed by atoms with Gasteiger partial charge in [-0.05, 0) is 55.9 Å². The second kappa shape index (κ2) is 11.2. The first-order valence-electron chi connectivity index (χ1n) is 12.5. The van der Waals surface area contributed by atoms with Crippen molar-refractivity contribution in [3.05, 3.63) is 59.7 Å². The van der Waals surface area contributed by atoms with Crippen molar-refractivity contribution in [2.24, 2.45) is 11.8 Å². The summed E-state index contributed by atoms with van der Waals surface area (Å²) in [5, 5.41) is 2.92. The molecule has 0 bridgehead atoms. The van der Waals surface area contributed by atoms with E-state index in [0.29, 0.717) is 35.7 Å². The summed E-state index contributed by atoms with van der Waals surface area (Å²) in [6, 6.07) is 14.5. The highest BCUT2D eigenvalue weighted by Crippen LogP contribution is 2.32. The van der Waals surface area contributed by atoms with Gasteiger partial charge in [0.1, 0.15) is 12.4 Å². The second-order valence-electron chi connectivity index (χ2n) is 10.0. The largest absolute Gasteiger partial charge is 0.491 e. The van der Waals surface area contributed by atoms with Crippen molar-refractivity contribution >= 4 is 17.5 Å². The highest BCUT2D eigenvalue weighted by molar-refractivity contribution is 6.05. The number of ether oxygens (including phenoxy) is 2. The number of nitrogens with one attached hydrogen (secondary N) is 1. The molecule has 0 aromatic heterocycles. The van der Waals surface area contributed by atoms with E-state index in [4.69, 9.17) is 9.47 Å². The molecule has 1 saturated carbocycles. The maximum Gasteiger partial charge on any atom is 0.257 e. The number of likely N-dealkylation sites (N-methyl/N-ethyl adjacent to an activating group) is 1. The van der Waals surface area contributed by atoms with Gasteiger partial charge in [-0.2, -0.15) is 0 Å². The van der Waals surface area contributed by atoms with Gasteiger partial charge >= 0.3 is 0 Å². The number of hydrogen-bond donors (Lipinski definition) is 1. The molecule has 7 heteroatoms. The summed E-state index contributed by atoms with van der Waals surface area (Å²) >= 11 is 0. The molecular weight excluding hydrogens is 442 g/mol. The molecule has 0 saturated heterocycles. The molecule has 2 aromatic carbocycles. The molecule has 0 radical (unpaired) electrons. The van der Waals surface area contributed by atoms with Gasteiger partial charge in [-0.25, -0.2) is 0 Å². The van der Waals surface area contributed by atoms with Crippen molar-refractivity contribution in [1.29, 1.82) is 0 Å². The zero-order chi connectivity index (χ0) is 24.9. The van der Waals surface area contributed by atoms with Crippen LogP contribution in [0.15, 0.2) is 48.5 Å². The molecule has 2 aromatic rings. The number of carbonyl (C=O) groups is 2. The van der Waals surface area contributed by atoms with Crippen molar-refractivity contribution in [3.8, 4) is 5.75 Å². The summed E-state index contributed by atoms with van der Waals surface area (Å²) < 4.78 is 12.1. The van der Waals surface area contributed by atoms with E-state index in [1.54, 1.807) is 49.4 Å². The highest BCUT2D eigenvalue weighted by atomic mass is 16.5. The third-order valence-corrected chi connectivity index (χ3v) is 7.06. The number of amides is 2. The fraction of sp³-hybridized carbons (Fsp3) is 0.500. The lowest BCUT2D eigenvalue weighted by molar-refractivity contribution is 0.00994. The van der Waals surface area contributed by atoms with Crippen LogP contribution in [0.3, 0.4) is 0 Å². The minimum Gasteiger partial charge on any atom is -0.491 e. The highest BCUT2D eigenvalue weighted by Gasteiger charge is 2.31. The standard InChI is InChI=1S/C28H37N3O4/c1-19-15-31(16-21-10-11-21)20(2)18-35-25-14-23(29-27(32)22-8-6-5-7-9-22)12-13-24(25)28(33)30(3)17-26(19)34-4/h5-9,12-14,19-21,26H,10-11,15-18H2,1-4H3,(H,29,32)/t19-,20+,26-/m0/s1. The van der Waals surface area contributed by atoms with Gasteiger partial charge in [0, 0.05) is 57.2 Å². The lowest BCUT2D eigenvalue weighted by Gasteiger charge is -2.36. The monoisotopic (exact) mass is 479 g/mol. The first-order valence-corrected chi connectivity index (χ1v) is 12.5. The maximum absolute atomic E-state index is 13.4. The Morgan fingerprint density at radius 1 is 1.11 bits per heavy atom. The molecule has 0 unspecified atom stereocenters. The summed E-state index contributed by atoms with van der Waals surface area (Å²) in [5.41, 5.74) is 1.64. The van der Waals surface area contributed by atoms with Gasteiger partial charge in [0.25, 0.3) is 11.8 Å². The molecular formula is C28H37N3O4. The van der Waals surface area contributed by atoms with Gasteiger partial charge in [0.2, 0.25) is 0 Å². The Bertz CT molecular complexity index is 1020. The van der Waals surface area contributed by atoms with E-state index in [2.05, 4.69) is 24.1 Å². The first kappa shape index (κ1) is 25.2. The third kappa shape index (κ3) is 6.41. The summed E-state index contributed by atoms with van der Waals surface area (Å²) in [6.07, 6.45) is 2.51. The van der Waals surface area contributed by atoms with Crippen molar-refractivity contribution in [3.63, 3.8) is 0 Å². The Hall–Kier alpha value is -2.90. The van der Waals surface area contributed by atoms with Crippen LogP contribution in [-0.4, -0.2) is 74.2 Å². The van der Waals surface area contributed by atoms with Crippen LogP contribution >= 0.6 is 0 Å². The topological polar surface area (TPSA) is 71.1 Å². The van der Waals surface area contributed by atoms with Crippen LogP contribution in [0.2, 0.25) is 0 Å². The maximum atomic E-state index is 13.4. The number of fused-ring (bicyclic) bond motifs is 1. The van der Waals surface area contributed by atoms with Crippen molar-refractivity contribution in [1.82, 2.24) is 9.80 Å². The lowest BCUT2D eigenvalue weighted by atomic mass is 10.0. The molecule has 1 fully saturated rings. The van der Waals surface area contributed by atoms with Gasteiger partial charge in [-0.3, -0.25) is 14.5 Å². The van der Waals surface area contributed by atoms with Crippen LogP contribution in [0, 0.1) is 11.8 Å². The van der Waals surface area contributed by atoms with Gasteiger partial charge < -0.3 is 19.7 Å². The normalized spacial score (nSPS) is 24.1. The van der Waals surface area contributed by atoms with Crippen molar-refractivity contribution in [2.45, 2.75) is 38.8 Å². The zero-order valence-corrected chi connectivity index (χ0v) is 21.2. The summed E-state index contributed by atoms with van der Waals surface area (Å²) in [5.74, 6) is 1.18. The van der Waals surface area contributed by atoms with Crippen LogP contribution in [0.1, 0.15) is 47.4 Å².